The van der Waals surface area contributed by atoms with E-state index >= 15 is 0 Å². The summed E-state index contributed by atoms with van der Waals surface area (Å²) in [4.78, 5) is 14.9. The van der Waals surface area contributed by atoms with E-state index in [9.17, 15) is 4.79 Å². The summed E-state index contributed by atoms with van der Waals surface area (Å²) in [6, 6.07) is 7.77. The van der Waals surface area contributed by atoms with Crippen molar-refractivity contribution in [3.63, 3.8) is 0 Å². The first-order valence-corrected chi connectivity index (χ1v) is 9.80. The molecule has 1 saturated heterocycles. The Morgan fingerprint density at radius 3 is 2.30 bits per heavy atom. The van der Waals surface area contributed by atoms with Crippen molar-refractivity contribution in [1.29, 1.82) is 0 Å². The number of carbonyl (C=O) groups excluding carboxylic acids is 1. The fourth-order valence-corrected chi connectivity index (χ4v) is 4.84. The molecule has 0 saturated carbocycles. The molecule has 158 valence electrons. The quantitative estimate of drug-likeness (QED) is 0.826. The minimum absolute atomic E-state index is 0.0144. The molecule has 30 heavy (non-hydrogen) atoms. The molecule has 2 aromatic rings. The zero-order valence-electron chi connectivity index (χ0n) is 17.4. The van der Waals surface area contributed by atoms with Gasteiger partial charge in [0.1, 0.15) is 0 Å². The van der Waals surface area contributed by atoms with Crippen molar-refractivity contribution in [1.82, 2.24) is 4.90 Å². The molecule has 3 unspecified atom stereocenters. The Hall–Kier alpha value is -3.29. The first-order chi connectivity index (χ1) is 14.5. The largest absolute Gasteiger partial charge is 0.493 e. The molecule has 0 aliphatic carbocycles. The lowest BCUT2D eigenvalue weighted by atomic mass is 9.74. The number of benzene rings is 2. The van der Waals surface area contributed by atoms with Gasteiger partial charge in [0.05, 0.1) is 33.3 Å². The second-order valence-corrected chi connectivity index (χ2v) is 7.72. The Bertz CT molecular complexity index is 998. The molecular weight excluding hydrogens is 388 g/mol. The van der Waals surface area contributed by atoms with E-state index in [2.05, 4.69) is 5.32 Å². The Kier molecular flexibility index (Phi) is 4.30. The van der Waals surface area contributed by atoms with E-state index < -0.39 is 0 Å². The van der Waals surface area contributed by atoms with Crippen LogP contribution in [0.3, 0.4) is 0 Å². The first kappa shape index (κ1) is 18.7. The van der Waals surface area contributed by atoms with Crippen LogP contribution in [0, 0.1) is 5.92 Å². The number of hydrogen-bond donors (Lipinski definition) is 1. The summed E-state index contributed by atoms with van der Waals surface area (Å²) in [5, 5.41) is 3.54. The van der Waals surface area contributed by atoms with Crippen LogP contribution in [0.1, 0.15) is 17.0 Å². The number of ether oxygens (including phenoxy) is 5. The zero-order valence-corrected chi connectivity index (χ0v) is 17.4. The topological polar surface area (TPSA) is 78.5 Å². The van der Waals surface area contributed by atoms with Crippen molar-refractivity contribution in [2.24, 2.45) is 5.92 Å². The monoisotopic (exact) mass is 412 g/mol. The van der Waals surface area contributed by atoms with Crippen molar-refractivity contribution in [3.8, 4) is 28.7 Å². The third kappa shape index (κ3) is 2.63. The zero-order chi connectivity index (χ0) is 21.0. The minimum atomic E-state index is -0.259. The third-order valence-corrected chi connectivity index (χ3v) is 6.19. The molecule has 3 atom stereocenters. The standard InChI is InChI=1S/C22H24N2O6/c1-24-9-14-20(22(24)25)19(11-5-17(26-2)21(28-4)18(6-11)27-3)12-7-15-16(30-10-29-15)8-13(12)23-14/h5-8,14,19-20,23H,9-10H2,1-4H3. The lowest BCUT2D eigenvalue weighted by Gasteiger charge is -2.36. The lowest BCUT2D eigenvalue weighted by molar-refractivity contribution is -0.130. The van der Waals surface area contributed by atoms with Crippen LogP contribution in [0.5, 0.6) is 28.7 Å². The molecule has 8 nitrogen and oxygen atoms in total. The van der Waals surface area contributed by atoms with Crippen LogP contribution in [-0.4, -0.2) is 58.6 Å². The van der Waals surface area contributed by atoms with Crippen LogP contribution in [0.2, 0.25) is 0 Å². The number of rotatable bonds is 4. The number of likely N-dealkylation sites (tertiary alicyclic amines) is 1. The van der Waals surface area contributed by atoms with Gasteiger partial charge in [-0.3, -0.25) is 4.79 Å². The number of amides is 1. The van der Waals surface area contributed by atoms with Crippen LogP contribution in [0.4, 0.5) is 5.69 Å². The number of likely N-dealkylation sites (N-methyl/N-ethyl adjacent to an activating group) is 1. The number of fused-ring (bicyclic) bond motifs is 3. The molecule has 0 spiro atoms. The van der Waals surface area contributed by atoms with Gasteiger partial charge in [-0.2, -0.15) is 0 Å². The maximum atomic E-state index is 13.1. The molecule has 1 N–H and O–H groups in total. The van der Waals surface area contributed by atoms with Crippen LogP contribution in [-0.2, 0) is 4.79 Å². The number of carbonyl (C=O) groups is 1. The molecule has 0 radical (unpaired) electrons. The van der Waals surface area contributed by atoms with Crippen molar-refractivity contribution >= 4 is 11.6 Å². The van der Waals surface area contributed by atoms with Gasteiger partial charge in [-0.25, -0.2) is 0 Å². The van der Waals surface area contributed by atoms with Crippen LogP contribution >= 0.6 is 0 Å². The second kappa shape index (κ2) is 6.90. The summed E-state index contributed by atoms with van der Waals surface area (Å²) >= 11 is 0. The SMILES string of the molecule is COc1cc(C2c3cc4c(cc3NC3CN(C)C(=O)C32)OCO4)cc(OC)c1OC. The molecule has 5 rings (SSSR count). The molecule has 1 amide bonds. The van der Waals surface area contributed by atoms with Crippen molar-refractivity contribution in [2.75, 3.05) is 47.0 Å². The highest BCUT2D eigenvalue weighted by atomic mass is 16.7. The van der Waals surface area contributed by atoms with Gasteiger partial charge in [0.15, 0.2) is 23.0 Å². The van der Waals surface area contributed by atoms with E-state index in [-0.39, 0.29) is 30.6 Å². The molecule has 3 aliphatic rings. The Balaban J connectivity index is 1.72. The molecule has 0 bridgehead atoms. The van der Waals surface area contributed by atoms with Gasteiger partial charge in [0.2, 0.25) is 18.4 Å². The summed E-state index contributed by atoms with van der Waals surface area (Å²) in [5.41, 5.74) is 2.85. The average Bonchev–Trinajstić information content (AvgIpc) is 3.32. The van der Waals surface area contributed by atoms with Crippen LogP contribution < -0.4 is 29.0 Å². The molecule has 3 heterocycles. The van der Waals surface area contributed by atoms with Gasteiger partial charge in [-0.15, -0.1) is 0 Å². The predicted molar refractivity (Wildman–Crippen MR) is 109 cm³/mol. The van der Waals surface area contributed by atoms with E-state index in [1.807, 2.05) is 31.3 Å². The lowest BCUT2D eigenvalue weighted by Crippen LogP contribution is -2.38. The fraction of sp³-hybridized carbons (Fsp3) is 0.409. The van der Waals surface area contributed by atoms with Gasteiger partial charge in [-0.1, -0.05) is 0 Å². The molecule has 2 aromatic carbocycles. The summed E-state index contributed by atoms with van der Waals surface area (Å²) in [6.45, 7) is 0.833. The van der Waals surface area contributed by atoms with Crippen LogP contribution in [0.25, 0.3) is 0 Å². The highest BCUT2D eigenvalue weighted by molar-refractivity contribution is 5.87. The summed E-state index contributed by atoms with van der Waals surface area (Å²) in [6.07, 6.45) is 0. The van der Waals surface area contributed by atoms with E-state index in [0.29, 0.717) is 35.3 Å². The Labute approximate surface area is 174 Å². The highest BCUT2D eigenvalue weighted by Crippen LogP contribution is 2.52. The Morgan fingerprint density at radius 2 is 1.67 bits per heavy atom. The van der Waals surface area contributed by atoms with E-state index in [1.54, 1.807) is 26.2 Å². The van der Waals surface area contributed by atoms with Gasteiger partial charge >= 0.3 is 0 Å². The number of nitrogens with one attached hydrogen (secondary N) is 1. The first-order valence-electron chi connectivity index (χ1n) is 9.80. The van der Waals surface area contributed by atoms with Gasteiger partial charge < -0.3 is 33.9 Å². The summed E-state index contributed by atoms with van der Waals surface area (Å²) < 4.78 is 27.8. The van der Waals surface area contributed by atoms with Crippen molar-refractivity contribution < 1.29 is 28.5 Å². The molecule has 3 aliphatic heterocycles. The maximum Gasteiger partial charge on any atom is 0.231 e. The van der Waals surface area contributed by atoms with Gasteiger partial charge in [0, 0.05) is 31.3 Å². The van der Waals surface area contributed by atoms with Gasteiger partial charge in [0.25, 0.3) is 0 Å². The number of anilines is 1. The fourth-order valence-electron chi connectivity index (χ4n) is 4.84. The smallest absolute Gasteiger partial charge is 0.231 e. The van der Waals surface area contributed by atoms with Crippen molar-refractivity contribution in [2.45, 2.75) is 12.0 Å². The van der Waals surface area contributed by atoms with Crippen LogP contribution in [0.15, 0.2) is 24.3 Å². The van der Waals surface area contributed by atoms with E-state index in [1.165, 1.54) is 0 Å². The van der Waals surface area contributed by atoms with Gasteiger partial charge in [-0.05, 0) is 29.3 Å². The minimum Gasteiger partial charge on any atom is -0.493 e. The Morgan fingerprint density at radius 1 is 1.00 bits per heavy atom. The van der Waals surface area contributed by atoms with E-state index in [0.717, 1.165) is 16.8 Å². The maximum absolute atomic E-state index is 13.1. The average molecular weight is 412 g/mol. The molecular formula is C22H24N2O6. The summed E-state index contributed by atoms with van der Waals surface area (Å²) in [5.74, 6) is 2.68. The number of hydrogen-bond acceptors (Lipinski definition) is 7. The molecule has 1 fully saturated rings. The number of methoxy groups -OCH3 is 3. The third-order valence-electron chi connectivity index (χ3n) is 6.19. The van der Waals surface area contributed by atoms with E-state index in [4.69, 9.17) is 23.7 Å². The predicted octanol–water partition coefficient (Wildman–Crippen LogP) is 2.46. The summed E-state index contributed by atoms with van der Waals surface area (Å²) in [7, 11) is 6.59. The molecule has 8 heteroatoms. The second-order valence-electron chi connectivity index (χ2n) is 7.72. The highest BCUT2D eigenvalue weighted by Gasteiger charge is 2.49. The normalized spacial score (nSPS) is 23.5. The number of nitrogens with zero attached hydrogens (tertiary/aromatic N) is 1. The van der Waals surface area contributed by atoms with Crippen molar-refractivity contribution in [3.05, 3.63) is 35.4 Å². The molecule has 0 aromatic heterocycles.